The van der Waals surface area contributed by atoms with Gasteiger partial charge in [-0.15, -0.1) is 0 Å². The molecule has 0 aliphatic carbocycles. The maximum Gasteiger partial charge on any atom is 0.127 e. The Labute approximate surface area is 138 Å². The van der Waals surface area contributed by atoms with E-state index in [4.69, 9.17) is 11.6 Å². The molecule has 0 saturated carbocycles. The van der Waals surface area contributed by atoms with Gasteiger partial charge in [0.05, 0.1) is 0 Å². The Balaban J connectivity index is 2.09. The van der Waals surface area contributed by atoms with Gasteiger partial charge in [0, 0.05) is 9.50 Å². The average Bonchev–Trinajstić information content (AvgIpc) is 2.44. The Morgan fingerprint density at radius 2 is 1.86 bits per heavy atom. The maximum absolute atomic E-state index is 14.0. The van der Waals surface area contributed by atoms with Crippen molar-refractivity contribution < 1.29 is 4.39 Å². The van der Waals surface area contributed by atoms with Crippen molar-refractivity contribution in [3.63, 3.8) is 0 Å². The van der Waals surface area contributed by atoms with E-state index in [0.29, 0.717) is 12.3 Å². The molecule has 0 bridgehead atoms. The highest BCUT2D eigenvalue weighted by Gasteiger charge is 2.13. The Morgan fingerprint density at radius 3 is 2.48 bits per heavy atom. The Bertz CT molecular complexity index is 586. The number of rotatable bonds is 6. The Kier molecular flexibility index (Phi) is 6.22. The van der Waals surface area contributed by atoms with Gasteiger partial charge in [-0.25, -0.2) is 4.39 Å². The van der Waals surface area contributed by atoms with Gasteiger partial charge in [0.25, 0.3) is 0 Å². The van der Waals surface area contributed by atoms with Gasteiger partial charge in [0.2, 0.25) is 0 Å². The second kappa shape index (κ2) is 7.92. The molecule has 2 aromatic carbocycles. The zero-order chi connectivity index (χ0) is 15.2. The SMILES string of the molecule is CNCC(Cc1ccc(Cl)cc1)Cc1ccc(Br)cc1F. The molecule has 0 saturated heterocycles. The second-order valence-corrected chi connectivity index (χ2v) is 6.55. The third-order valence-corrected chi connectivity index (χ3v) is 4.20. The fourth-order valence-electron chi connectivity index (χ4n) is 2.46. The highest BCUT2D eigenvalue weighted by molar-refractivity contribution is 9.10. The normalized spacial score (nSPS) is 12.4. The van der Waals surface area contributed by atoms with Gasteiger partial charge in [-0.2, -0.15) is 0 Å². The maximum atomic E-state index is 14.0. The third kappa shape index (κ3) is 5.10. The predicted octanol–water partition coefficient (Wildman–Crippen LogP) is 4.86. The summed E-state index contributed by atoms with van der Waals surface area (Å²) in [4.78, 5) is 0. The molecule has 0 fully saturated rings. The smallest absolute Gasteiger partial charge is 0.127 e. The van der Waals surface area contributed by atoms with Crippen LogP contribution in [0, 0.1) is 11.7 Å². The van der Waals surface area contributed by atoms with Gasteiger partial charge in [-0.1, -0.05) is 45.7 Å². The third-order valence-electron chi connectivity index (χ3n) is 3.45. The van der Waals surface area contributed by atoms with E-state index in [0.717, 1.165) is 28.0 Å². The van der Waals surface area contributed by atoms with Crippen LogP contribution in [-0.4, -0.2) is 13.6 Å². The number of halogens is 3. The first kappa shape index (κ1) is 16.5. The number of nitrogens with one attached hydrogen (secondary N) is 1. The minimum Gasteiger partial charge on any atom is -0.319 e. The molecule has 0 aliphatic heterocycles. The van der Waals surface area contributed by atoms with Crippen LogP contribution in [0.4, 0.5) is 4.39 Å². The molecule has 1 unspecified atom stereocenters. The van der Waals surface area contributed by atoms with Gasteiger partial charge in [-0.05, 0) is 67.7 Å². The lowest BCUT2D eigenvalue weighted by molar-refractivity contribution is 0.479. The predicted molar refractivity (Wildman–Crippen MR) is 90.4 cm³/mol. The van der Waals surface area contributed by atoms with Crippen LogP contribution in [0.25, 0.3) is 0 Å². The van der Waals surface area contributed by atoms with Crippen molar-refractivity contribution in [3.05, 3.63) is 68.9 Å². The van der Waals surface area contributed by atoms with Crippen LogP contribution in [0.1, 0.15) is 11.1 Å². The summed E-state index contributed by atoms with van der Waals surface area (Å²) in [7, 11) is 1.92. The summed E-state index contributed by atoms with van der Waals surface area (Å²) in [5.74, 6) is 0.188. The van der Waals surface area contributed by atoms with Crippen LogP contribution >= 0.6 is 27.5 Å². The standard InChI is InChI=1S/C17H18BrClFN/c1-21-11-13(8-12-2-6-16(19)7-3-12)9-14-4-5-15(18)10-17(14)20/h2-7,10,13,21H,8-9,11H2,1H3. The van der Waals surface area contributed by atoms with E-state index in [-0.39, 0.29) is 5.82 Å². The molecule has 0 radical (unpaired) electrons. The summed E-state index contributed by atoms with van der Waals surface area (Å²) in [5, 5.41) is 3.93. The van der Waals surface area contributed by atoms with Crippen molar-refractivity contribution in [2.75, 3.05) is 13.6 Å². The molecule has 2 rings (SSSR count). The minimum atomic E-state index is -0.151. The lowest BCUT2D eigenvalue weighted by Crippen LogP contribution is -2.23. The van der Waals surface area contributed by atoms with Crippen molar-refractivity contribution in [2.45, 2.75) is 12.8 Å². The number of hydrogen-bond acceptors (Lipinski definition) is 1. The Hall–Kier alpha value is -0.900. The van der Waals surface area contributed by atoms with Crippen LogP contribution < -0.4 is 5.32 Å². The Morgan fingerprint density at radius 1 is 1.14 bits per heavy atom. The molecule has 112 valence electrons. The van der Waals surface area contributed by atoms with E-state index >= 15 is 0 Å². The average molecular weight is 371 g/mol. The molecule has 0 heterocycles. The van der Waals surface area contributed by atoms with E-state index in [2.05, 4.69) is 21.2 Å². The van der Waals surface area contributed by atoms with E-state index in [1.54, 1.807) is 0 Å². The molecule has 1 nitrogen and oxygen atoms in total. The van der Waals surface area contributed by atoms with Gasteiger partial charge >= 0.3 is 0 Å². The van der Waals surface area contributed by atoms with Crippen LogP contribution in [0.2, 0.25) is 5.02 Å². The van der Waals surface area contributed by atoms with Gasteiger partial charge in [0.15, 0.2) is 0 Å². The second-order valence-electron chi connectivity index (χ2n) is 5.19. The molecule has 21 heavy (non-hydrogen) atoms. The monoisotopic (exact) mass is 369 g/mol. The van der Waals surface area contributed by atoms with E-state index < -0.39 is 0 Å². The van der Waals surface area contributed by atoms with Crippen molar-refractivity contribution in [3.8, 4) is 0 Å². The van der Waals surface area contributed by atoms with Gasteiger partial charge in [0.1, 0.15) is 5.82 Å². The van der Waals surface area contributed by atoms with E-state index in [1.165, 1.54) is 11.6 Å². The molecule has 0 aromatic heterocycles. The molecule has 0 aliphatic rings. The molecule has 2 aromatic rings. The minimum absolute atomic E-state index is 0.151. The largest absolute Gasteiger partial charge is 0.319 e. The summed E-state index contributed by atoms with van der Waals surface area (Å²) >= 11 is 9.20. The lowest BCUT2D eigenvalue weighted by atomic mass is 9.92. The zero-order valence-electron chi connectivity index (χ0n) is 11.9. The summed E-state index contributed by atoms with van der Waals surface area (Å²) in [5.41, 5.74) is 1.98. The van der Waals surface area contributed by atoms with Gasteiger partial charge in [-0.3, -0.25) is 0 Å². The molecule has 0 amide bonds. The quantitative estimate of drug-likeness (QED) is 0.765. The molecular weight excluding hydrogens is 353 g/mol. The van der Waals surface area contributed by atoms with Crippen LogP contribution in [-0.2, 0) is 12.8 Å². The van der Waals surface area contributed by atoms with Crippen molar-refractivity contribution >= 4 is 27.5 Å². The first-order chi connectivity index (χ1) is 10.1. The highest BCUT2D eigenvalue weighted by Crippen LogP contribution is 2.21. The summed E-state index contributed by atoms with van der Waals surface area (Å²) < 4.78 is 14.7. The first-order valence-electron chi connectivity index (χ1n) is 6.91. The highest BCUT2D eigenvalue weighted by atomic mass is 79.9. The zero-order valence-corrected chi connectivity index (χ0v) is 14.2. The number of benzene rings is 2. The van der Waals surface area contributed by atoms with E-state index in [9.17, 15) is 4.39 Å². The molecule has 1 atom stereocenters. The molecular formula is C17H18BrClFN. The summed E-state index contributed by atoms with van der Waals surface area (Å²) in [6.07, 6.45) is 1.61. The van der Waals surface area contributed by atoms with E-state index in [1.807, 2.05) is 43.4 Å². The molecule has 4 heteroatoms. The molecule has 0 spiro atoms. The van der Waals surface area contributed by atoms with Crippen LogP contribution in [0.5, 0.6) is 0 Å². The van der Waals surface area contributed by atoms with Crippen LogP contribution in [0.15, 0.2) is 46.9 Å². The van der Waals surface area contributed by atoms with Crippen molar-refractivity contribution in [1.29, 1.82) is 0 Å². The first-order valence-corrected chi connectivity index (χ1v) is 8.08. The van der Waals surface area contributed by atoms with Crippen molar-refractivity contribution in [1.82, 2.24) is 5.32 Å². The topological polar surface area (TPSA) is 12.0 Å². The van der Waals surface area contributed by atoms with Gasteiger partial charge < -0.3 is 5.32 Å². The molecule has 1 N–H and O–H groups in total. The summed E-state index contributed by atoms with van der Waals surface area (Å²) in [6.45, 7) is 0.845. The fraction of sp³-hybridized carbons (Fsp3) is 0.294. The fourth-order valence-corrected chi connectivity index (χ4v) is 2.92. The summed E-state index contributed by atoms with van der Waals surface area (Å²) in [6, 6.07) is 13.1. The van der Waals surface area contributed by atoms with Crippen LogP contribution in [0.3, 0.4) is 0 Å². The lowest BCUT2D eigenvalue weighted by Gasteiger charge is -2.17. The van der Waals surface area contributed by atoms with Crippen molar-refractivity contribution in [2.24, 2.45) is 5.92 Å². The number of hydrogen-bond donors (Lipinski definition) is 1.